The lowest BCUT2D eigenvalue weighted by atomic mass is 10.0. The molecule has 1 rings (SSSR count). The number of halogens is 1. The largest absolute Gasteiger partial charge is 0.377 e. The van der Waals surface area contributed by atoms with Crippen LogP contribution in [0.1, 0.15) is 83.1 Å². The van der Waals surface area contributed by atoms with Gasteiger partial charge in [-0.1, -0.05) is 89.3 Å². The van der Waals surface area contributed by atoms with E-state index < -0.39 is 0 Å². The summed E-state index contributed by atoms with van der Waals surface area (Å²) in [5, 5.41) is 0. The van der Waals surface area contributed by atoms with Crippen molar-refractivity contribution in [3.8, 4) is 0 Å². The van der Waals surface area contributed by atoms with Gasteiger partial charge in [-0.3, -0.25) is 0 Å². The number of para-hydroxylation sites is 1. The molecule has 0 fully saturated rings. The maximum absolute atomic E-state index is 2.29. The molecule has 2 heteroatoms. The first-order chi connectivity index (χ1) is 10.8. The van der Waals surface area contributed by atoms with Crippen molar-refractivity contribution in [1.29, 1.82) is 0 Å². The standard InChI is InChI=1S/C21H37N.ClH/c1-4-5-6-7-8-9-10-11-12-13-14-17-20-18-15-16-19-21(20)22(2)3;/h15-16,18-19H,4-14,17H2,1-3H3;1H. The first-order valence-corrected chi connectivity index (χ1v) is 9.51. The zero-order valence-corrected chi connectivity index (χ0v) is 16.5. The van der Waals surface area contributed by atoms with Crippen molar-refractivity contribution in [2.45, 2.75) is 84.0 Å². The molecule has 0 amide bonds. The van der Waals surface area contributed by atoms with Crippen LogP contribution >= 0.6 is 12.4 Å². The molecular weight excluding hydrogens is 302 g/mol. The van der Waals surface area contributed by atoms with E-state index in [-0.39, 0.29) is 12.4 Å². The molecule has 0 spiro atoms. The van der Waals surface area contributed by atoms with Gasteiger partial charge in [-0.15, -0.1) is 12.4 Å². The number of nitrogens with zero attached hydrogens (tertiary/aromatic N) is 1. The Balaban J connectivity index is 0.00000484. The Morgan fingerprint density at radius 1 is 0.696 bits per heavy atom. The molecule has 0 saturated heterocycles. The lowest BCUT2D eigenvalue weighted by Crippen LogP contribution is -2.11. The molecular formula is C21H38ClN. The van der Waals surface area contributed by atoms with Gasteiger partial charge < -0.3 is 4.90 Å². The molecule has 0 radical (unpaired) electrons. The van der Waals surface area contributed by atoms with Crippen molar-refractivity contribution >= 4 is 18.1 Å². The number of unbranched alkanes of at least 4 members (excludes halogenated alkanes) is 10. The zero-order chi connectivity index (χ0) is 16.0. The number of hydrogen-bond acceptors (Lipinski definition) is 1. The van der Waals surface area contributed by atoms with Crippen molar-refractivity contribution in [3.05, 3.63) is 29.8 Å². The highest BCUT2D eigenvalue weighted by molar-refractivity contribution is 5.85. The van der Waals surface area contributed by atoms with E-state index in [2.05, 4.69) is 50.2 Å². The van der Waals surface area contributed by atoms with E-state index in [0.717, 1.165) is 0 Å². The summed E-state index contributed by atoms with van der Waals surface area (Å²) in [6, 6.07) is 8.82. The first kappa shape index (κ1) is 22.3. The Hall–Kier alpha value is -0.690. The molecule has 0 aromatic heterocycles. The lowest BCUT2D eigenvalue weighted by Gasteiger charge is -2.17. The van der Waals surface area contributed by atoms with Crippen molar-refractivity contribution in [2.24, 2.45) is 0 Å². The van der Waals surface area contributed by atoms with Crippen molar-refractivity contribution < 1.29 is 0 Å². The second kappa shape index (κ2) is 14.9. The molecule has 0 atom stereocenters. The van der Waals surface area contributed by atoms with Gasteiger partial charge in [-0.25, -0.2) is 0 Å². The Labute approximate surface area is 151 Å². The predicted molar refractivity (Wildman–Crippen MR) is 108 cm³/mol. The molecule has 0 N–H and O–H groups in total. The SMILES string of the molecule is CCCCCCCCCCCCCc1ccccc1N(C)C.Cl. The van der Waals surface area contributed by atoms with E-state index in [0.29, 0.717) is 0 Å². The third kappa shape index (κ3) is 10.7. The van der Waals surface area contributed by atoms with Crippen LogP contribution in [0.2, 0.25) is 0 Å². The summed E-state index contributed by atoms with van der Waals surface area (Å²) in [6.45, 7) is 2.29. The minimum atomic E-state index is 0. The Morgan fingerprint density at radius 3 is 1.70 bits per heavy atom. The topological polar surface area (TPSA) is 3.24 Å². The van der Waals surface area contributed by atoms with Crippen LogP contribution in [0, 0.1) is 0 Å². The molecule has 0 aliphatic heterocycles. The van der Waals surface area contributed by atoms with Gasteiger partial charge in [0.15, 0.2) is 0 Å². The fourth-order valence-electron chi connectivity index (χ4n) is 3.14. The van der Waals surface area contributed by atoms with Crippen molar-refractivity contribution in [1.82, 2.24) is 0 Å². The quantitative estimate of drug-likeness (QED) is 0.349. The highest BCUT2D eigenvalue weighted by Crippen LogP contribution is 2.20. The summed E-state index contributed by atoms with van der Waals surface area (Å²) in [6.07, 6.45) is 16.8. The summed E-state index contributed by atoms with van der Waals surface area (Å²) < 4.78 is 0. The van der Waals surface area contributed by atoms with Gasteiger partial charge in [-0.2, -0.15) is 0 Å². The fourth-order valence-corrected chi connectivity index (χ4v) is 3.14. The average molecular weight is 340 g/mol. The molecule has 1 nitrogen and oxygen atoms in total. The molecule has 0 unspecified atom stereocenters. The first-order valence-electron chi connectivity index (χ1n) is 9.51. The monoisotopic (exact) mass is 339 g/mol. The van der Waals surface area contributed by atoms with Gasteiger partial charge in [0.05, 0.1) is 0 Å². The van der Waals surface area contributed by atoms with E-state index in [9.17, 15) is 0 Å². The maximum atomic E-state index is 2.29. The van der Waals surface area contributed by atoms with Crippen LogP contribution in [0.5, 0.6) is 0 Å². The summed E-state index contributed by atoms with van der Waals surface area (Å²) in [4.78, 5) is 2.23. The van der Waals surface area contributed by atoms with Crippen LogP contribution in [0.25, 0.3) is 0 Å². The second-order valence-electron chi connectivity index (χ2n) is 6.81. The molecule has 0 heterocycles. The minimum Gasteiger partial charge on any atom is -0.377 e. The molecule has 0 bridgehead atoms. The van der Waals surface area contributed by atoms with Crippen molar-refractivity contribution in [3.63, 3.8) is 0 Å². The normalized spacial score (nSPS) is 10.4. The van der Waals surface area contributed by atoms with E-state index in [1.807, 2.05) is 0 Å². The third-order valence-corrected chi connectivity index (χ3v) is 4.52. The minimum absolute atomic E-state index is 0. The summed E-state index contributed by atoms with van der Waals surface area (Å²) in [5.41, 5.74) is 2.89. The van der Waals surface area contributed by atoms with E-state index in [1.54, 1.807) is 0 Å². The summed E-state index contributed by atoms with van der Waals surface area (Å²) >= 11 is 0. The average Bonchev–Trinajstić information content (AvgIpc) is 2.53. The van der Waals surface area contributed by atoms with Crippen LogP contribution in [0.3, 0.4) is 0 Å². The molecule has 23 heavy (non-hydrogen) atoms. The molecule has 134 valence electrons. The lowest BCUT2D eigenvalue weighted by molar-refractivity contribution is 0.549. The molecule has 1 aromatic carbocycles. The number of anilines is 1. The Bertz CT molecular complexity index is 376. The third-order valence-electron chi connectivity index (χ3n) is 4.52. The van der Waals surface area contributed by atoms with Gasteiger partial charge in [0.25, 0.3) is 0 Å². The predicted octanol–water partition coefficient (Wildman–Crippen LogP) is 7.03. The highest BCUT2D eigenvalue weighted by atomic mass is 35.5. The van der Waals surface area contributed by atoms with E-state index >= 15 is 0 Å². The van der Waals surface area contributed by atoms with Gasteiger partial charge in [0.1, 0.15) is 0 Å². The summed E-state index contributed by atoms with van der Waals surface area (Å²) in [7, 11) is 4.28. The number of benzene rings is 1. The zero-order valence-electron chi connectivity index (χ0n) is 15.7. The van der Waals surface area contributed by atoms with Crippen LogP contribution < -0.4 is 4.90 Å². The molecule has 0 aliphatic carbocycles. The Morgan fingerprint density at radius 2 is 1.17 bits per heavy atom. The van der Waals surface area contributed by atoms with Gasteiger partial charge in [-0.05, 0) is 24.5 Å². The number of rotatable bonds is 13. The van der Waals surface area contributed by atoms with E-state index in [4.69, 9.17) is 0 Å². The summed E-state index contributed by atoms with van der Waals surface area (Å²) in [5.74, 6) is 0. The van der Waals surface area contributed by atoms with Crippen LogP contribution in [0.15, 0.2) is 24.3 Å². The maximum Gasteiger partial charge on any atom is 0.0393 e. The molecule has 0 saturated carbocycles. The Kier molecular flexibility index (Phi) is 14.4. The van der Waals surface area contributed by atoms with Gasteiger partial charge in [0, 0.05) is 19.8 Å². The molecule has 1 aromatic rings. The van der Waals surface area contributed by atoms with E-state index in [1.165, 1.54) is 88.3 Å². The van der Waals surface area contributed by atoms with Gasteiger partial charge >= 0.3 is 0 Å². The van der Waals surface area contributed by atoms with Gasteiger partial charge in [0.2, 0.25) is 0 Å². The van der Waals surface area contributed by atoms with Crippen LogP contribution in [0.4, 0.5) is 5.69 Å². The molecule has 0 aliphatic rings. The second-order valence-corrected chi connectivity index (χ2v) is 6.81. The number of aryl methyl sites for hydroxylation is 1. The van der Waals surface area contributed by atoms with Crippen molar-refractivity contribution in [2.75, 3.05) is 19.0 Å². The van der Waals surface area contributed by atoms with Crippen LogP contribution in [-0.4, -0.2) is 14.1 Å². The fraction of sp³-hybridized carbons (Fsp3) is 0.714. The smallest absolute Gasteiger partial charge is 0.0393 e. The van der Waals surface area contributed by atoms with Crippen LogP contribution in [-0.2, 0) is 6.42 Å². The highest BCUT2D eigenvalue weighted by Gasteiger charge is 2.02. The number of hydrogen-bond donors (Lipinski definition) is 0.